The van der Waals surface area contributed by atoms with Crippen molar-refractivity contribution in [1.29, 1.82) is 0 Å². The van der Waals surface area contributed by atoms with Crippen molar-refractivity contribution in [3.05, 3.63) is 29.3 Å². The number of aromatic hydroxyl groups is 1. The molecule has 5 nitrogen and oxygen atoms in total. The fourth-order valence-corrected chi connectivity index (χ4v) is 3.76. The summed E-state index contributed by atoms with van der Waals surface area (Å²) < 4.78 is 0. The molecule has 0 bridgehead atoms. The Balaban J connectivity index is 1.76. The molecule has 0 heterocycles. The number of hydrogen-bond donors (Lipinski definition) is 3. The molecule has 156 valence electrons. The second-order valence-electron chi connectivity index (χ2n) is 9.00. The summed E-state index contributed by atoms with van der Waals surface area (Å²) in [5, 5.41) is 28.2. The van der Waals surface area contributed by atoms with Crippen molar-refractivity contribution in [2.45, 2.75) is 84.5 Å². The van der Waals surface area contributed by atoms with Crippen LogP contribution in [0.2, 0.25) is 0 Å². The summed E-state index contributed by atoms with van der Waals surface area (Å²) in [6, 6.07) is 5.52. The van der Waals surface area contributed by atoms with Gasteiger partial charge in [-0.15, -0.1) is 0 Å². The monoisotopic (exact) mass is 390 g/mol. The first kappa shape index (κ1) is 22.3. The summed E-state index contributed by atoms with van der Waals surface area (Å²) in [5.74, 6) is -1.14. The number of carbonyl (C=O) groups is 2. The van der Waals surface area contributed by atoms with Gasteiger partial charge in [0.25, 0.3) is 0 Å². The van der Waals surface area contributed by atoms with E-state index in [4.69, 9.17) is 0 Å². The lowest BCUT2D eigenvalue weighted by molar-refractivity contribution is -0.147. The Bertz CT molecular complexity index is 688. The number of rotatable bonds is 13. The van der Waals surface area contributed by atoms with Crippen LogP contribution < -0.4 is 0 Å². The van der Waals surface area contributed by atoms with Gasteiger partial charge in [0.05, 0.1) is 10.8 Å². The summed E-state index contributed by atoms with van der Waals surface area (Å²) >= 11 is 0. The van der Waals surface area contributed by atoms with E-state index in [1.54, 1.807) is 19.9 Å². The normalized spacial score (nSPS) is 15.4. The molecule has 0 amide bonds. The van der Waals surface area contributed by atoms with Gasteiger partial charge in [-0.1, -0.05) is 25.3 Å². The number of aryl methyl sites for hydroxylation is 2. The molecule has 3 N–H and O–H groups in total. The van der Waals surface area contributed by atoms with Crippen LogP contribution in [0.1, 0.15) is 82.8 Å². The van der Waals surface area contributed by atoms with Gasteiger partial charge in [-0.05, 0) is 88.5 Å². The van der Waals surface area contributed by atoms with Crippen LogP contribution >= 0.6 is 0 Å². The third-order valence-corrected chi connectivity index (χ3v) is 6.18. The van der Waals surface area contributed by atoms with Gasteiger partial charge in [0.15, 0.2) is 0 Å². The second-order valence-corrected chi connectivity index (χ2v) is 9.00. The number of carboxylic acid groups (broad SMARTS) is 2. The average Bonchev–Trinajstić information content (AvgIpc) is 3.41. The van der Waals surface area contributed by atoms with E-state index in [-0.39, 0.29) is 5.75 Å². The lowest BCUT2D eigenvalue weighted by atomic mass is 9.86. The molecule has 1 aromatic rings. The van der Waals surface area contributed by atoms with Crippen LogP contribution in [0.4, 0.5) is 0 Å². The van der Waals surface area contributed by atoms with Crippen molar-refractivity contribution in [1.82, 2.24) is 0 Å². The van der Waals surface area contributed by atoms with E-state index in [2.05, 4.69) is 0 Å². The van der Waals surface area contributed by atoms with E-state index in [0.29, 0.717) is 6.42 Å². The summed E-state index contributed by atoms with van der Waals surface area (Å²) in [7, 11) is 0. The molecule has 2 rings (SSSR count). The molecule has 0 saturated heterocycles. The van der Waals surface area contributed by atoms with Crippen LogP contribution in [0.5, 0.6) is 5.75 Å². The number of hydrogen-bond acceptors (Lipinski definition) is 3. The predicted molar refractivity (Wildman–Crippen MR) is 109 cm³/mol. The quantitative estimate of drug-likeness (QED) is 0.403. The van der Waals surface area contributed by atoms with Gasteiger partial charge in [-0.2, -0.15) is 0 Å². The second kappa shape index (κ2) is 9.44. The van der Waals surface area contributed by atoms with E-state index in [9.17, 15) is 24.9 Å². The number of benzene rings is 1. The summed E-state index contributed by atoms with van der Waals surface area (Å²) in [5.41, 5.74) is 1.25. The summed E-state index contributed by atoms with van der Waals surface area (Å²) in [4.78, 5) is 22.4. The lowest BCUT2D eigenvalue weighted by Gasteiger charge is -2.18. The highest BCUT2D eigenvalue weighted by Gasteiger charge is 2.49. The fraction of sp³-hybridized carbons (Fsp3) is 0.652. The standard InChI is InChI=1S/C23H34O5/c1-22(2,20(25)26)12-7-5-9-18-16-19(24)11-10-17(18)8-4-3-6-13-23(14-15-23)21(27)28/h10-11,16,24H,3-9,12-15H2,1-2H3,(H,25,26)(H,27,28). The first-order valence-corrected chi connectivity index (χ1v) is 10.4. The Morgan fingerprint density at radius 2 is 1.61 bits per heavy atom. The Hall–Kier alpha value is -2.04. The molecule has 1 aliphatic carbocycles. The number of aliphatic carboxylic acids is 2. The first-order valence-electron chi connectivity index (χ1n) is 10.4. The van der Waals surface area contributed by atoms with E-state index in [1.165, 1.54) is 5.56 Å². The number of phenolic OH excluding ortho intramolecular Hbond substituents is 1. The summed E-state index contributed by atoms with van der Waals surface area (Å²) in [6.07, 6.45) is 9.54. The minimum absolute atomic E-state index is 0.266. The van der Waals surface area contributed by atoms with Crippen molar-refractivity contribution < 1.29 is 24.9 Å². The van der Waals surface area contributed by atoms with E-state index >= 15 is 0 Å². The van der Waals surface area contributed by atoms with Gasteiger partial charge >= 0.3 is 11.9 Å². The van der Waals surface area contributed by atoms with Gasteiger partial charge in [0.1, 0.15) is 5.75 Å². The van der Waals surface area contributed by atoms with Crippen LogP contribution in [0.25, 0.3) is 0 Å². The van der Waals surface area contributed by atoms with Gasteiger partial charge in [0.2, 0.25) is 0 Å². The molecule has 0 aromatic heterocycles. The molecular weight excluding hydrogens is 356 g/mol. The molecule has 1 aromatic carbocycles. The average molecular weight is 391 g/mol. The van der Waals surface area contributed by atoms with Crippen molar-refractivity contribution >= 4 is 11.9 Å². The molecule has 0 atom stereocenters. The van der Waals surface area contributed by atoms with Gasteiger partial charge in [-0.25, -0.2) is 0 Å². The topological polar surface area (TPSA) is 94.8 Å². The van der Waals surface area contributed by atoms with Crippen molar-refractivity contribution in [2.75, 3.05) is 0 Å². The minimum atomic E-state index is -0.763. The highest BCUT2D eigenvalue weighted by atomic mass is 16.4. The van der Waals surface area contributed by atoms with Crippen molar-refractivity contribution in [3.8, 4) is 5.75 Å². The molecule has 1 aliphatic rings. The number of unbranched alkanes of at least 4 members (excludes halogenated alkanes) is 3. The third kappa shape index (κ3) is 6.25. The number of phenols is 1. The molecule has 0 radical (unpaired) electrons. The zero-order valence-corrected chi connectivity index (χ0v) is 17.2. The van der Waals surface area contributed by atoms with Gasteiger partial charge < -0.3 is 15.3 Å². The number of carboxylic acids is 2. The Morgan fingerprint density at radius 3 is 2.21 bits per heavy atom. The van der Waals surface area contributed by atoms with Crippen LogP contribution in [0, 0.1) is 10.8 Å². The molecule has 28 heavy (non-hydrogen) atoms. The van der Waals surface area contributed by atoms with E-state index in [0.717, 1.165) is 69.8 Å². The van der Waals surface area contributed by atoms with Gasteiger partial charge in [0, 0.05) is 0 Å². The van der Waals surface area contributed by atoms with Crippen LogP contribution in [-0.4, -0.2) is 27.3 Å². The SMILES string of the molecule is CC(C)(CCCCc1cc(O)ccc1CCCCCC1(C(=O)O)CC1)C(=O)O. The molecule has 0 spiro atoms. The highest BCUT2D eigenvalue weighted by Crippen LogP contribution is 2.50. The largest absolute Gasteiger partial charge is 0.508 e. The Morgan fingerprint density at radius 1 is 0.964 bits per heavy atom. The maximum absolute atomic E-state index is 11.2. The van der Waals surface area contributed by atoms with Gasteiger partial charge in [-0.3, -0.25) is 9.59 Å². The third-order valence-electron chi connectivity index (χ3n) is 6.18. The lowest BCUT2D eigenvalue weighted by Crippen LogP contribution is -2.23. The maximum Gasteiger partial charge on any atom is 0.309 e. The maximum atomic E-state index is 11.2. The molecule has 1 saturated carbocycles. The van der Waals surface area contributed by atoms with Crippen molar-refractivity contribution in [3.63, 3.8) is 0 Å². The zero-order valence-electron chi connectivity index (χ0n) is 17.2. The fourth-order valence-electron chi connectivity index (χ4n) is 3.76. The zero-order chi connectivity index (χ0) is 20.8. The Labute approximate surface area is 167 Å². The van der Waals surface area contributed by atoms with Crippen LogP contribution in [0.15, 0.2) is 18.2 Å². The molecule has 5 heteroatoms. The smallest absolute Gasteiger partial charge is 0.309 e. The molecular formula is C23H34O5. The highest BCUT2D eigenvalue weighted by molar-refractivity contribution is 5.77. The Kier molecular flexibility index (Phi) is 7.50. The van der Waals surface area contributed by atoms with Crippen LogP contribution in [-0.2, 0) is 22.4 Å². The minimum Gasteiger partial charge on any atom is -0.508 e. The van der Waals surface area contributed by atoms with E-state index in [1.807, 2.05) is 12.1 Å². The predicted octanol–water partition coefficient (Wildman–Crippen LogP) is 5.18. The van der Waals surface area contributed by atoms with E-state index < -0.39 is 22.8 Å². The molecule has 1 fully saturated rings. The van der Waals surface area contributed by atoms with Crippen LogP contribution in [0.3, 0.4) is 0 Å². The van der Waals surface area contributed by atoms with Crippen molar-refractivity contribution in [2.24, 2.45) is 10.8 Å². The molecule has 0 unspecified atom stereocenters. The summed E-state index contributed by atoms with van der Waals surface area (Å²) in [6.45, 7) is 3.51. The molecule has 0 aliphatic heterocycles. The first-order chi connectivity index (χ1) is 13.2.